The average Bonchev–Trinajstić information content (AvgIpc) is 3.70. The molecular weight excluding hydrogens is 1090 g/mol. The molecule has 0 aromatic carbocycles. The fraction of sp³-hybridized carbons (Fsp3) is 0.859. The number of quaternary nitrogens is 1. The Labute approximate surface area is 542 Å². The predicted octanol–water partition coefficient (Wildman–Crippen LogP) is 24.7. The summed E-state index contributed by atoms with van der Waals surface area (Å²) in [7, 11) is 1.56. The first-order chi connectivity index (χ1) is 42.5. The summed E-state index contributed by atoms with van der Waals surface area (Å²) < 4.78 is 23.8. The number of likely N-dealkylation sites (N-methyl/N-ethyl adjacent to an activating group) is 1. The van der Waals surface area contributed by atoms with Crippen LogP contribution in [0.2, 0.25) is 0 Å². The molecule has 0 aromatic rings. The van der Waals surface area contributed by atoms with E-state index < -0.39 is 20.0 Å². The molecule has 0 aliphatic rings. The maximum absolute atomic E-state index is 13.1. The van der Waals surface area contributed by atoms with Gasteiger partial charge < -0.3 is 19.8 Å². The zero-order valence-electron chi connectivity index (χ0n) is 58.8. The fourth-order valence-corrected chi connectivity index (χ4v) is 12.3. The number of unbranched alkanes of at least 4 members (excludes halogenated alkanes) is 50. The van der Waals surface area contributed by atoms with Crippen molar-refractivity contribution < 1.29 is 32.9 Å². The molecule has 0 aliphatic heterocycles. The first-order valence-corrected chi connectivity index (χ1v) is 39.7. The topological polar surface area (TPSA) is 105 Å². The summed E-state index contributed by atoms with van der Waals surface area (Å²) in [4.78, 5) is 23.5. The Hall–Kier alpha value is -1.80. The van der Waals surface area contributed by atoms with Gasteiger partial charge in [0.05, 0.1) is 39.9 Å². The van der Waals surface area contributed by atoms with Crippen LogP contribution in [0.1, 0.15) is 380 Å². The Kier molecular flexibility index (Phi) is 67.1. The molecule has 0 aromatic heterocycles. The van der Waals surface area contributed by atoms with Gasteiger partial charge in [0.2, 0.25) is 5.91 Å². The minimum absolute atomic E-state index is 0.0540. The molecule has 0 radical (unpaired) electrons. The van der Waals surface area contributed by atoms with E-state index in [1.807, 2.05) is 27.2 Å². The first kappa shape index (κ1) is 85.2. The first-order valence-electron chi connectivity index (χ1n) is 38.2. The number of phosphoric ester groups is 1. The number of aliphatic hydroxyl groups excluding tert-OH is 1. The van der Waals surface area contributed by atoms with E-state index in [1.54, 1.807) is 6.08 Å². The number of hydrogen-bond acceptors (Lipinski definition) is 5. The van der Waals surface area contributed by atoms with Gasteiger partial charge in [-0.2, -0.15) is 0 Å². The van der Waals surface area contributed by atoms with Crippen LogP contribution >= 0.6 is 7.82 Å². The lowest BCUT2D eigenvalue weighted by Gasteiger charge is -2.25. The second-order valence-corrected chi connectivity index (χ2v) is 28.8. The molecule has 3 unspecified atom stereocenters. The molecule has 512 valence electrons. The predicted molar refractivity (Wildman–Crippen MR) is 383 cm³/mol. The highest BCUT2D eigenvalue weighted by Gasteiger charge is 2.28. The molecule has 0 saturated heterocycles. The number of phosphoric acid groups is 1. The number of hydrogen-bond donors (Lipinski definition) is 3. The van der Waals surface area contributed by atoms with Crippen LogP contribution in [0.4, 0.5) is 0 Å². The molecule has 0 aliphatic carbocycles. The van der Waals surface area contributed by atoms with Gasteiger partial charge in [-0.3, -0.25) is 13.8 Å². The van der Waals surface area contributed by atoms with Crippen molar-refractivity contribution in [1.82, 2.24) is 5.32 Å². The van der Waals surface area contributed by atoms with E-state index in [9.17, 15) is 19.4 Å². The van der Waals surface area contributed by atoms with E-state index in [4.69, 9.17) is 9.05 Å². The number of amides is 1. The number of aliphatic hydroxyl groups is 1. The summed E-state index contributed by atoms with van der Waals surface area (Å²) in [5, 5.41) is 14.0. The number of allylic oxidation sites excluding steroid dienone is 9. The Morgan fingerprint density at radius 2 is 0.667 bits per heavy atom. The van der Waals surface area contributed by atoms with Gasteiger partial charge in [0.15, 0.2) is 0 Å². The minimum Gasteiger partial charge on any atom is -0.387 e. The maximum atomic E-state index is 13.1. The highest BCUT2D eigenvalue weighted by molar-refractivity contribution is 7.47. The normalized spacial score (nSPS) is 13.9. The third-order valence-electron chi connectivity index (χ3n) is 17.4. The summed E-state index contributed by atoms with van der Waals surface area (Å²) in [5.74, 6) is -0.184. The molecule has 0 spiro atoms. The van der Waals surface area contributed by atoms with Gasteiger partial charge in [-0.15, -0.1) is 0 Å². The maximum Gasteiger partial charge on any atom is 0.472 e. The summed E-state index contributed by atoms with van der Waals surface area (Å²) >= 11 is 0. The smallest absolute Gasteiger partial charge is 0.387 e. The van der Waals surface area contributed by atoms with Crippen molar-refractivity contribution in [2.45, 2.75) is 392 Å². The molecule has 87 heavy (non-hydrogen) atoms. The van der Waals surface area contributed by atoms with Gasteiger partial charge >= 0.3 is 7.82 Å². The third-order valence-corrected chi connectivity index (χ3v) is 18.4. The Morgan fingerprint density at radius 1 is 0.391 bits per heavy atom. The van der Waals surface area contributed by atoms with Gasteiger partial charge in [0.1, 0.15) is 13.2 Å². The molecule has 0 heterocycles. The van der Waals surface area contributed by atoms with Gasteiger partial charge in [0.25, 0.3) is 0 Å². The van der Waals surface area contributed by atoms with Crippen molar-refractivity contribution in [2.24, 2.45) is 0 Å². The minimum atomic E-state index is -4.37. The molecule has 0 bridgehead atoms. The summed E-state index contributed by atoms with van der Waals surface area (Å²) in [5.41, 5.74) is 0. The highest BCUT2D eigenvalue weighted by atomic mass is 31.2. The molecular formula is C78H150N2O6P+. The zero-order chi connectivity index (χ0) is 63.4. The van der Waals surface area contributed by atoms with Crippen LogP contribution in [0.3, 0.4) is 0 Å². The number of rotatable bonds is 71. The molecule has 8 nitrogen and oxygen atoms in total. The van der Waals surface area contributed by atoms with Crippen LogP contribution in [-0.4, -0.2) is 73.4 Å². The van der Waals surface area contributed by atoms with E-state index in [2.05, 4.69) is 67.8 Å². The van der Waals surface area contributed by atoms with Crippen molar-refractivity contribution in [2.75, 3.05) is 40.9 Å². The van der Waals surface area contributed by atoms with E-state index in [1.165, 1.54) is 308 Å². The molecule has 3 atom stereocenters. The number of carbonyl (C=O) groups is 1. The van der Waals surface area contributed by atoms with Crippen LogP contribution in [0.5, 0.6) is 0 Å². The van der Waals surface area contributed by atoms with Gasteiger partial charge in [0, 0.05) is 6.42 Å². The van der Waals surface area contributed by atoms with Crippen LogP contribution < -0.4 is 5.32 Å². The standard InChI is InChI=1S/C78H149N2O6P/c1-6-8-10-12-14-16-18-20-22-24-26-28-30-32-34-36-38-39-40-41-42-44-46-48-50-52-54-56-58-60-62-64-66-68-70-72-78(82)79-76(75-86-87(83,84)85-74-73-80(3,4)5)77(81)71-69-67-65-63-61-59-57-55-53-51-49-47-45-43-37-35-33-31-29-27-25-23-21-19-17-15-13-11-9-7-2/h18,20,24,26,53,55,61,63,69,71,76-77,81H,6-17,19,21-23,25,27-52,54,56-60,62,64-68,70,72-75H2,1-5H3,(H-,79,82,83,84)/p+1/b20-18-,26-24-,55-53+,63-61+,71-69+. The second kappa shape index (κ2) is 68.6. The van der Waals surface area contributed by atoms with E-state index in [-0.39, 0.29) is 19.1 Å². The molecule has 1 amide bonds. The van der Waals surface area contributed by atoms with Crippen LogP contribution in [0.25, 0.3) is 0 Å². The van der Waals surface area contributed by atoms with Crippen molar-refractivity contribution in [1.29, 1.82) is 0 Å². The summed E-state index contributed by atoms with van der Waals surface area (Å²) in [6.07, 6.45) is 95.5. The van der Waals surface area contributed by atoms with E-state index >= 15 is 0 Å². The SMILES string of the molecule is CCCCCCC/C=C\C/C=C\CCCCCCCCCCCCCCCCCCCCCCCCCC(=O)NC(COP(=O)(O)OCC[N+](C)(C)C)C(O)/C=C/CC/C=C/CC/C=C/CCCCCCCCCCCCCCCCCCCCCC. The molecule has 9 heteroatoms. The fourth-order valence-electron chi connectivity index (χ4n) is 11.5. The van der Waals surface area contributed by atoms with E-state index in [0.717, 1.165) is 51.4 Å². The summed E-state index contributed by atoms with van der Waals surface area (Å²) in [6, 6.07) is -0.872. The molecule has 0 fully saturated rings. The lowest BCUT2D eigenvalue weighted by Crippen LogP contribution is -2.45. The van der Waals surface area contributed by atoms with Crippen molar-refractivity contribution >= 4 is 13.7 Å². The lowest BCUT2D eigenvalue weighted by atomic mass is 10.0. The number of nitrogens with zero attached hydrogens (tertiary/aromatic N) is 1. The van der Waals surface area contributed by atoms with Crippen molar-refractivity contribution in [3.05, 3.63) is 60.8 Å². The van der Waals surface area contributed by atoms with Gasteiger partial charge in [-0.1, -0.05) is 357 Å². The summed E-state index contributed by atoms with van der Waals surface area (Å²) in [6.45, 7) is 4.83. The molecule has 0 rings (SSSR count). The number of carbonyl (C=O) groups excluding carboxylic acids is 1. The largest absolute Gasteiger partial charge is 0.472 e. The van der Waals surface area contributed by atoms with Crippen LogP contribution in [0.15, 0.2) is 60.8 Å². The Bertz CT molecular complexity index is 1600. The second-order valence-electron chi connectivity index (χ2n) is 27.4. The Balaban J connectivity index is 4.04. The van der Waals surface area contributed by atoms with Crippen molar-refractivity contribution in [3.8, 4) is 0 Å². The third kappa shape index (κ3) is 71.5. The highest BCUT2D eigenvalue weighted by Crippen LogP contribution is 2.43. The Morgan fingerprint density at radius 3 is 0.989 bits per heavy atom. The average molecular weight is 1240 g/mol. The molecule has 0 saturated carbocycles. The van der Waals surface area contributed by atoms with Crippen molar-refractivity contribution in [3.63, 3.8) is 0 Å². The number of nitrogens with one attached hydrogen (secondary N) is 1. The monoisotopic (exact) mass is 1240 g/mol. The van der Waals surface area contributed by atoms with Gasteiger partial charge in [-0.05, 0) is 77.0 Å². The van der Waals surface area contributed by atoms with Crippen LogP contribution in [-0.2, 0) is 18.4 Å². The lowest BCUT2D eigenvalue weighted by molar-refractivity contribution is -0.870. The van der Waals surface area contributed by atoms with Crippen LogP contribution in [0, 0.1) is 0 Å². The molecule has 3 N–H and O–H groups in total. The van der Waals surface area contributed by atoms with Gasteiger partial charge in [-0.25, -0.2) is 4.57 Å². The zero-order valence-corrected chi connectivity index (χ0v) is 59.7. The quantitative estimate of drug-likeness (QED) is 0.0243. The van der Waals surface area contributed by atoms with E-state index in [0.29, 0.717) is 17.4 Å².